The summed E-state index contributed by atoms with van der Waals surface area (Å²) in [6.07, 6.45) is -7.91. The van der Waals surface area contributed by atoms with Crippen molar-refractivity contribution in [2.24, 2.45) is 0 Å². The van der Waals surface area contributed by atoms with Gasteiger partial charge in [0.15, 0.2) is 17.7 Å². The van der Waals surface area contributed by atoms with E-state index in [9.17, 15) is 14.7 Å². The van der Waals surface area contributed by atoms with Crippen molar-refractivity contribution in [3.05, 3.63) is 0 Å². The van der Waals surface area contributed by atoms with Crippen LogP contribution in [-0.4, -0.2) is 73.5 Å². The number of hydrogen-bond donors (Lipinski definition) is 5. The van der Waals surface area contributed by atoms with Gasteiger partial charge in [0.25, 0.3) is 0 Å². The summed E-state index contributed by atoms with van der Waals surface area (Å²) < 4.78 is 0. The van der Waals surface area contributed by atoms with E-state index in [4.69, 9.17) is 20.4 Å². The Bertz CT molecular complexity index is 257. The lowest BCUT2D eigenvalue weighted by Crippen LogP contribution is -2.49. The molecule has 0 bridgehead atoms. The molecule has 0 saturated carbocycles. The Morgan fingerprint density at radius 1 is 1.12 bits per heavy atom. The third-order valence-electron chi connectivity index (χ3n) is 1.90. The topological polar surface area (TPSA) is 135 Å². The Morgan fingerprint density at radius 3 is 2.00 bits per heavy atom. The molecule has 0 aromatic heterocycles. The molecule has 0 radical (unpaired) electrons. The summed E-state index contributed by atoms with van der Waals surface area (Å²) >= 11 is 2.72. The molecule has 0 fully saturated rings. The fraction of sp³-hybridized carbons (Fsp3) is 0.750. The molecule has 0 aromatic carbocycles. The van der Waals surface area contributed by atoms with Gasteiger partial charge >= 0.3 is 0 Å². The maximum Gasteiger partial charge on any atom is 0.199 e. The lowest BCUT2D eigenvalue weighted by molar-refractivity contribution is -0.152. The van der Waals surface area contributed by atoms with Crippen LogP contribution < -0.4 is 0 Å². The van der Waals surface area contributed by atoms with E-state index in [0.29, 0.717) is 0 Å². The quantitative estimate of drug-likeness (QED) is 0.249. The van der Waals surface area contributed by atoms with Crippen molar-refractivity contribution in [1.82, 2.24) is 0 Å². The molecule has 5 N–H and O–H groups in total. The number of ketones is 2. The predicted molar refractivity (Wildman–Crippen MR) is 54.9 cm³/mol. The van der Waals surface area contributed by atoms with Gasteiger partial charge in [-0.05, 0) is 0 Å². The van der Waals surface area contributed by atoms with Gasteiger partial charge in [-0.1, -0.05) is 15.9 Å². The first-order valence-corrected chi connectivity index (χ1v) is 5.44. The van der Waals surface area contributed by atoms with Gasteiger partial charge in [-0.25, -0.2) is 0 Å². The van der Waals surface area contributed by atoms with Crippen molar-refractivity contribution in [3.63, 3.8) is 0 Å². The summed E-state index contributed by atoms with van der Waals surface area (Å²) in [5.74, 6) is -2.21. The van der Waals surface area contributed by atoms with Crippen LogP contribution in [0.5, 0.6) is 0 Å². The van der Waals surface area contributed by atoms with Gasteiger partial charge in [0.2, 0.25) is 0 Å². The summed E-state index contributed by atoms with van der Waals surface area (Å²) in [4.78, 5) is 22.1. The SMILES string of the molecule is O=C(CBr)C(O)C(=O)[C@@H](O)[C@H](O)[C@H](O)CO. The van der Waals surface area contributed by atoms with Crippen molar-refractivity contribution < 1.29 is 35.1 Å². The van der Waals surface area contributed by atoms with Crippen molar-refractivity contribution in [1.29, 1.82) is 0 Å². The number of rotatable bonds is 7. The summed E-state index contributed by atoms with van der Waals surface area (Å²) in [5.41, 5.74) is 0. The monoisotopic (exact) mass is 300 g/mol. The Hall–Kier alpha value is -0.380. The van der Waals surface area contributed by atoms with Gasteiger partial charge in [-0.15, -0.1) is 0 Å². The van der Waals surface area contributed by atoms with Crippen LogP contribution in [-0.2, 0) is 9.59 Å². The molecule has 0 aliphatic carbocycles. The lowest BCUT2D eigenvalue weighted by Gasteiger charge is -2.21. The largest absolute Gasteiger partial charge is 0.394 e. The van der Waals surface area contributed by atoms with Crippen molar-refractivity contribution in [3.8, 4) is 0 Å². The molecule has 0 aliphatic rings. The number of hydrogen-bond acceptors (Lipinski definition) is 7. The summed E-state index contributed by atoms with van der Waals surface area (Å²) in [6, 6.07) is 0. The Morgan fingerprint density at radius 2 is 1.62 bits per heavy atom. The molecule has 0 aromatic rings. The molecular weight excluding hydrogens is 288 g/mol. The molecule has 16 heavy (non-hydrogen) atoms. The number of aliphatic hydroxyl groups is 5. The minimum atomic E-state index is -2.14. The average molecular weight is 301 g/mol. The van der Waals surface area contributed by atoms with Crippen molar-refractivity contribution in [2.75, 3.05) is 11.9 Å². The minimum Gasteiger partial charge on any atom is -0.394 e. The molecule has 0 spiro atoms. The van der Waals surface area contributed by atoms with E-state index in [1.54, 1.807) is 0 Å². The zero-order valence-electron chi connectivity index (χ0n) is 8.15. The third-order valence-corrected chi connectivity index (χ3v) is 2.46. The van der Waals surface area contributed by atoms with E-state index in [-0.39, 0.29) is 5.33 Å². The highest BCUT2D eigenvalue weighted by atomic mass is 79.9. The highest BCUT2D eigenvalue weighted by Crippen LogP contribution is 2.05. The first kappa shape index (κ1) is 15.6. The van der Waals surface area contributed by atoms with Crippen LogP contribution in [0, 0.1) is 0 Å². The summed E-state index contributed by atoms with van der Waals surface area (Å²) in [7, 11) is 0. The first-order chi connectivity index (χ1) is 7.36. The van der Waals surface area contributed by atoms with Crippen molar-refractivity contribution >= 4 is 27.5 Å². The highest BCUT2D eigenvalue weighted by molar-refractivity contribution is 9.09. The zero-order chi connectivity index (χ0) is 12.9. The number of carbonyl (C=O) groups is 2. The van der Waals surface area contributed by atoms with Crippen LogP contribution in [0.2, 0.25) is 0 Å². The van der Waals surface area contributed by atoms with Gasteiger partial charge in [0, 0.05) is 0 Å². The molecule has 4 atom stereocenters. The van der Waals surface area contributed by atoms with Gasteiger partial charge in [-0.3, -0.25) is 9.59 Å². The Kier molecular flexibility index (Phi) is 6.88. The van der Waals surface area contributed by atoms with E-state index in [1.165, 1.54) is 0 Å². The van der Waals surface area contributed by atoms with Crippen LogP contribution >= 0.6 is 15.9 Å². The normalized spacial score (nSPS) is 18.6. The molecule has 0 heterocycles. The van der Waals surface area contributed by atoms with Gasteiger partial charge < -0.3 is 25.5 Å². The van der Waals surface area contributed by atoms with E-state index >= 15 is 0 Å². The first-order valence-electron chi connectivity index (χ1n) is 4.32. The van der Waals surface area contributed by atoms with E-state index in [0.717, 1.165) is 0 Å². The van der Waals surface area contributed by atoms with E-state index in [1.807, 2.05) is 0 Å². The second kappa shape index (κ2) is 7.05. The van der Waals surface area contributed by atoms with Crippen LogP contribution in [0.25, 0.3) is 0 Å². The number of aliphatic hydroxyl groups excluding tert-OH is 5. The zero-order valence-corrected chi connectivity index (χ0v) is 9.74. The smallest absolute Gasteiger partial charge is 0.199 e. The highest BCUT2D eigenvalue weighted by Gasteiger charge is 2.35. The van der Waals surface area contributed by atoms with E-state index < -0.39 is 42.6 Å². The van der Waals surface area contributed by atoms with Gasteiger partial charge in [-0.2, -0.15) is 0 Å². The minimum absolute atomic E-state index is 0.286. The van der Waals surface area contributed by atoms with Crippen LogP contribution in [0.3, 0.4) is 0 Å². The molecular formula is C8H13BrO7. The van der Waals surface area contributed by atoms with Crippen molar-refractivity contribution in [2.45, 2.75) is 24.4 Å². The van der Waals surface area contributed by atoms with Gasteiger partial charge in [0.1, 0.15) is 18.3 Å². The second-order valence-corrected chi connectivity index (χ2v) is 3.65. The maximum atomic E-state index is 11.2. The number of halogens is 1. The van der Waals surface area contributed by atoms with Gasteiger partial charge in [0.05, 0.1) is 11.9 Å². The lowest BCUT2D eigenvalue weighted by atomic mass is 9.99. The average Bonchev–Trinajstić information content (AvgIpc) is 2.32. The standard InChI is InChI=1S/C8H13BrO7/c9-1-3(11)5(13)7(15)8(16)6(14)4(12)2-10/h4-6,8,10,12-14,16H,1-2H2/t4-,5?,6-,8+/m1/s1. The fourth-order valence-corrected chi connectivity index (χ4v) is 1.19. The van der Waals surface area contributed by atoms with E-state index in [2.05, 4.69) is 15.9 Å². The molecule has 8 heteroatoms. The Labute approximate surface area is 99.5 Å². The van der Waals surface area contributed by atoms with Crippen LogP contribution in [0.15, 0.2) is 0 Å². The molecule has 1 unspecified atom stereocenters. The molecule has 0 saturated heterocycles. The third kappa shape index (κ3) is 3.89. The molecule has 94 valence electrons. The summed E-state index contributed by atoms with van der Waals surface area (Å²) in [6.45, 7) is -0.867. The molecule has 0 amide bonds. The Balaban J connectivity index is 4.54. The van der Waals surface area contributed by atoms with Crippen LogP contribution in [0.1, 0.15) is 0 Å². The van der Waals surface area contributed by atoms with Crippen LogP contribution in [0.4, 0.5) is 0 Å². The maximum absolute atomic E-state index is 11.2. The fourth-order valence-electron chi connectivity index (χ4n) is 0.880. The number of carbonyl (C=O) groups excluding carboxylic acids is 2. The molecule has 7 nitrogen and oxygen atoms in total. The summed E-state index contributed by atoms with van der Waals surface area (Å²) in [5, 5.41) is 44.6. The molecule has 0 aliphatic heterocycles. The molecule has 0 rings (SSSR count). The number of alkyl halides is 1. The number of Topliss-reactive ketones (excluding diaryl/α,β-unsaturated/α-hetero) is 2. The predicted octanol–water partition coefficient (Wildman–Crippen LogP) is -3.04. The second-order valence-electron chi connectivity index (χ2n) is 3.09.